The van der Waals surface area contributed by atoms with Crippen molar-refractivity contribution in [3.05, 3.63) is 125 Å². The van der Waals surface area contributed by atoms with E-state index in [0.717, 1.165) is 45.0 Å². The lowest BCUT2D eigenvalue weighted by Crippen LogP contribution is -2.13. The van der Waals surface area contributed by atoms with E-state index in [1.165, 1.54) is 17.4 Å². The molecule has 10 nitrogen and oxygen atoms in total. The van der Waals surface area contributed by atoms with Crippen molar-refractivity contribution in [3.63, 3.8) is 0 Å². The van der Waals surface area contributed by atoms with Gasteiger partial charge >= 0.3 is 0 Å². The van der Waals surface area contributed by atoms with Gasteiger partial charge in [0.2, 0.25) is 5.13 Å². The third-order valence-corrected chi connectivity index (χ3v) is 8.29. The third-order valence-electron chi connectivity index (χ3n) is 7.46. The average molecular weight is 645 g/mol. The Hall–Kier alpha value is -6.43. The van der Waals surface area contributed by atoms with E-state index in [4.69, 9.17) is 11.8 Å². The van der Waals surface area contributed by atoms with Crippen molar-refractivity contribution in [2.24, 2.45) is 30.7 Å². The number of nitrogens with one attached hydrogen (secondary N) is 1. The number of fused-ring (bicyclic) bond motifs is 2. The quantitative estimate of drug-likeness (QED) is 0.0905. The normalized spacial score (nSPS) is 12.6. The third kappa shape index (κ3) is 7.34. The Bertz CT molecular complexity index is 2290. The highest BCUT2D eigenvalue weighted by Gasteiger charge is 2.09. The van der Waals surface area contributed by atoms with E-state index < -0.39 is 0 Å². The molecular formula is C37H28N10S. The number of azo groups is 3. The smallest absolute Gasteiger partial charge is 0.263 e. The molecule has 1 atom stereocenters. The molecule has 1 unspecified atom stereocenters. The molecule has 0 radical (unpaired) electrons. The summed E-state index contributed by atoms with van der Waals surface area (Å²) in [6.07, 6.45) is 4.06. The van der Waals surface area contributed by atoms with Crippen molar-refractivity contribution < 1.29 is 0 Å². The van der Waals surface area contributed by atoms with Crippen molar-refractivity contribution in [3.8, 4) is 6.07 Å². The molecule has 1 N–H and O–H groups in total. The first kappa shape index (κ1) is 31.5. The number of hydrogen-bond donors (Lipinski definition) is 1. The maximum absolute atomic E-state index is 8.93. The summed E-state index contributed by atoms with van der Waals surface area (Å²) in [5.74, 6) is 0. The lowest BCUT2D eigenvalue weighted by atomic mass is 10.1. The minimum atomic E-state index is -0.0119. The van der Waals surface area contributed by atoms with E-state index in [9.17, 15) is 0 Å². The number of thiazole rings is 1. The van der Waals surface area contributed by atoms with Gasteiger partial charge in [0.05, 0.1) is 41.1 Å². The van der Waals surface area contributed by atoms with Crippen molar-refractivity contribution in [2.45, 2.75) is 26.3 Å². The van der Waals surface area contributed by atoms with Gasteiger partial charge in [0.15, 0.2) is 0 Å². The average Bonchev–Trinajstić information content (AvgIpc) is 3.59. The molecule has 1 aromatic heterocycles. The highest BCUT2D eigenvalue weighted by Crippen LogP contribution is 2.37. The van der Waals surface area contributed by atoms with Crippen LogP contribution in [0, 0.1) is 17.9 Å². The highest BCUT2D eigenvalue weighted by molar-refractivity contribution is 7.16. The van der Waals surface area contributed by atoms with E-state index >= 15 is 0 Å². The van der Waals surface area contributed by atoms with Gasteiger partial charge in [-0.05, 0) is 68.0 Å². The second kappa shape index (κ2) is 14.8. The van der Waals surface area contributed by atoms with Crippen molar-refractivity contribution >= 4 is 78.2 Å². The number of nitrogens with zero attached hydrogens (tertiary/aromatic N) is 9. The lowest BCUT2D eigenvalue weighted by Gasteiger charge is -2.15. The van der Waals surface area contributed by atoms with Crippen molar-refractivity contribution in [2.75, 3.05) is 5.32 Å². The van der Waals surface area contributed by atoms with Gasteiger partial charge in [0.1, 0.15) is 0 Å². The standard InChI is InChI=1S/C37H28N10S/c1-4-24(2)41-33-17-18-35(30-10-6-5-9-29(30)33)45-46-36-20-19-34(31-11-7-8-12-32(31)36)44-42-25-13-15-26(16-14-25)43-47-37-40-23-28(48-37)21-27(22-38)39-3/h5-21,23-24,41H,4H2,1-2H3/b27-21+,44-42?,46-45?,47-43?. The SMILES string of the molecule is [C-]#[N+]/C(C#N)=C/c1cnc(N=Nc2ccc(N=Nc3ccc(N=Nc4ccc(NC(C)CC)c5ccccc45)c4ccccc34)cc2)s1. The van der Waals surface area contributed by atoms with Crippen LogP contribution in [0.25, 0.3) is 32.5 Å². The molecule has 1 heterocycles. The van der Waals surface area contributed by atoms with E-state index in [1.807, 2.05) is 72.8 Å². The summed E-state index contributed by atoms with van der Waals surface area (Å²) in [7, 11) is 0. The fraction of sp³-hybridized carbons (Fsp3) is 0.108. The van der Waals surface area contributed by atoms with Gasteiger partial charge in [0.25, 0.3) is 5.70 Å². The van der Waals surface area contributed by atoms with Crippen LogP contribution in [0.2, 0.25) is 0 Å². The monoisotopic (exact) mass is 644 g/mol. The van der Waals surface area contributed by atoms with E-state index in [0.29, 0.717) is 33.1 Å². The largest absolute Gasteiger partial charge is 0.382 e. The van der Waals surface area contributed by atoms with Crippen molar-refractivity contribution in [1.29, 1.82) is 5.26 Å². The van der Waals surface area contributed by atoms with Crippen LogP contribution >= 0.6 is 11.3 Å². The van der Waals surface area contributed by atoms with Gasteiger partial charge in [-0.15, -0.1) is 25.6 Å². The van der Waals surface area contributed by atoms with E-state index in [-0.39, 0.29) is 5.70 Å². The summed E-state index contributed by atoms with van der Waals surface area (Å²) in [6, 6.07) is 33.5. The molecule has 0 bridgehead atoms. The summed E-state index contributed by atoms with van der Waals surface area (Å²) in [6.45, 7) is 11.3. The number of hydrogen-bond acceptors (Lipinski definition) is 10. The molecule has 0 spiro atoms. The molecular weight excluding hydrogens is 617 g/mol. The minimum Gasteiger partial charge on any atom is -0.382 e. The Labute approximate surface area is 281 Å². The van der Waals surface area contributed by atoms with Crippen LogP contribution < -0.4 is 5.32 Å². The predicted molar refractivity (Wildman–Crippen MR) is 193 cm³/mol. The Balaban J connectivity index is 1.19. The van der Waals surface area contributed by atoms with Crippen LogP contribution in [0.3, 0.4) is 0 Å². The van der Waals surface area contributed by atoms with Gasteiger partial charge in [-0.2, -0.15) is 5.11 Å². The van der Waals surface area contributed by atoms with Crippen LogP contribution in [-0.2, 0) is 0 Å². The molecule has 48 heavy (non-hydrogen) atoms. The second-order valence-corrected chi connectivity index (χ2v) is 11.7. The van der Waals surface area contributed by atoms with E-state index in [1.54, 1.807) is 18.3 Å². The zero-order valence-corrected chi connectivity index (χ0v) is 26.9. The summed E-state index contributed by atoms with van der Waals surface area (Å²) in [4.78, 5) is 7.98. The summed E-state index contributed by atoms with van der Waals surface area (Å²) in [5, 5.41) is 43.7. The number of allylic oxidation sites excluding steroid dienone is 1. The Morgan fingerprint density at radius 1 is 0.792 bits per heavy atom. The molecule has 5 aromatic carbocycles. The molecule has 0 saturated heterocycles. The molecule has 0 saturated carbocycles. The van der Waals surface area contributed by atoms with Gasteiger partial charge in [-0.25, -0.2) is 15.1 Å². The number of aromatic nitrogens is 1. The first-order valence-electron chi connectivity index (χ1n) is 15.1. The maximum atomic E-state index is 8.93. The van der Waals surface area contributed by atoms with Crippen LogP contribution in [0.15, 0.2) is 140 Å². The second-order valence-electron chi connectivity index (χ2n) is 10.7. The predicted octanol–water partition coefficient (Wildman–Crippen LogP) is 12.7. The van der Waals surface area contributed by atoms with Crippen molar-refractivity contribution in [1.82, 2.24) is 4.98 Å². The molecule has 0 aliphatic rings. The Kier molecular flexibility index (Phi) is 9.71. The number of rotatable bonds is 10. The molecule has 232 valence electrons. The van der Waals surface area contributed by atoms with Gasteiger partial charge < -0.3 is 5.32 Å². The van der Waals surface area contributed by atoms with Crippen LogP contribution in [-0.4, -0.2) is 11.0 Å². The maximum Gasteiger partial charge on any atom is 0.263 e. The van der Waals surface area contributed by atoms with Crippen LogP contribution in [0.4, 0.5) is 39.3 Å². The van der Waals surface area contributed by atoms with Crippen LogP contribution in [0.5, 0.6) is 0 Å². The lowest BCUT2D eigenvalue weighted by molar-refractivity contribution is 0.765. The number of anilines is 1. The minimum absolute atomic E-state index is 0.0119. The van der Waals surface area contributed by atoms with Gasteiger partial charge in [-0.3, -0.25) is 0 Å². The van der Waals surface area contributed by atoms with E-state index in [2.05, 4.69) is 77.9 Å². The molecule has 0 amide bonds. The first-order valence-corrected chi connectivity index (χ1v) is 16.0. The number of nitriles is 1. The fourth-order valence-electron chi connectivity index (χ4n) is 4.83. The topological polar surface area (TPSA) is 127 Å². The molecule has 6 rings (SSSR count). The Morgan fingerprint density at radius 3 is 1.88 bits per heavy atom. The number of benzene rings is 5. The molecule has 0 fully saturated rings. The summed E-state index contributed by atoms with van der Waals surface area (Å²) >= 11 is 1.24. The fourth-order valence-corrected chi connectivity index (χ4v) is 5.50. The Morgan fingerprint density at radius 2 is 1.31 bits per heavy atom. The zero-order chi connectivity index (χ0) is 33.3. The van der Waals surface area contributed by atoms with Crippen LogP contribution in [0.1, 0.15) is 25.1 Å². The first-order chi connectivity index (χ1) is 23.5. The summed E-state index contributed by atoms with van der Waals surface area (Å²) < 4.78 is 0. The van der Waals surface area contributed by atoms with Gasteiger partial charge in [0, 0.05) is 44.3 Å². The molecule has 6 aromatic rings. The molecule has 0 aliphatic carbocycles. The molecule has 11 heteroatoms. The highest BCUT2D eigenvalue weighted by atomic mass is 32.1. The van der Waals surface area contributed by atoms with Gasteiger partial charge in [-0.1, -0.05) is 66.8 Å². The molecule has 0 aliphatic heterocycles. The zero-order valence-electron chi connectivity index (χ0n) is 26.1. The summed E-state index contributed by atoms with van der Waals surface area (Å²) in [5.41, 5.74) is 4.61.